The first-order chi connectivity index (χ1) is 10.5. The Balaban J connectivity index is 2.10. The summed E-state index contributed by atoms with van der Waals surface area (Å²) in [5.74, 6) is 0.527. The number of benzene rings is 2. The molecule has 2 aromatic rings. The van der Waals surface area contributed by atoms with Crippen LogP contribution in [-0.4, -0.2) is 12.0 Å². The lowest BCUT2D eigenvalue weighted by molar-refractivity contribution is -0.122. The van der Waals surface area contributed by atoms with E-state index in [0.29, 0.717) is 22.9 Å². The van der Waals surface area contributed by atoms with E-state index in [1.807, 2.05) is 57.2 Å². The van der Waals surface area contributed by atoms with Crippen molar-refractivity contribution in [1.82, 2.24) is 0 Å². The van der Waals surface area contributed by atoms with Crippen LogP contribution in [0.1, 0.15) is 24.5 Å². The van der Waals surface area contributed by atoms with Gasteiger partial charge in [-0.1, -0.05) is 36.7 Å². The number of rotatable bonds is 5. The summed E-state index contributed by atoms with van der Waals surface area (Å²) in [7, 11) is 0. The van der Waals surface area contributed by atoms with E-state index >= 15 is 0 Å². The number of amides is 1. The first-order valence-electron chi connectivity index (χ1n) is 7.30. The third-order valence-electron chi connectivity index (χ3n) is 3.46. The van der Waals surface area contributed by atoms with Crippen molar-refractivity contribution in [2.75, 3.05) is 5.32 Å². The molecule has 22 heavy (non-hydrogen) atoms. The first kappa shape index (κ1) is 16.4. The molecule has 0 saturated heterocycles. The molecule has 0 aromatic heterocycles. The van der Waals surface area contributed by atoms with Crippen LogP contribution in [0.2, 0.25) is 5.02 Å². The Bertz CT molecular complexity index is 670. The number of halogens is 1. The SMILES string of the molecule is CC[C@@H](Oc1cccc(C)c1)C(=O)Nc1cccc(Cl)c1C. The largest absolute Gasteiger partial charge is 0.481 e. The quantitative estimate of drug-likeness (QED) is 0.864. The van der Waals surface area contributed by atoms with Crippen molar-refractivity contribution < 1.29 is 9.53 Å². The molecular formula is C18H20ClNO2. The molecule has 4 heteroatoms. The third kappa shape index (κ3) is 4.01. The second kappa shape index (κ2) is 7.32. The van der Waals surface area contributed by atoms with Gasteiger partial charge in [-0.05, 0) is 55.7 Å². The lowest BCUT2D eigenvalue weighted by Gasteiger charge is -2.18. The highest BCUT2D eigenvalue weighted by molar-refractivity contribution is 6.31. The zero-order valence-corrected chi connectivity index (χ0v) is 13.8. The van der Waals surface area contributed by atoms with Crippen LogP contribution in [0.25, 0.3) is 0 Å². The predicted octanol–water partition coefficient (Wildman–Crippen LogP) is 4.75. The molecule has 0 radical (unpaired) electrons. The summed E-state index contributed by atoms with van der Waals surface area (Å²) in [5.41, 5.74) is 2.66. The number of carbonyl (C=O) groups is 1. The van der Waals surface area contributed by atoms with Gasteiger partial charge in [-0.3, -0.25) is 4.79 Å². The average molecular weight is 318 g/mol. The van der Waals surface area contributed by atoms with Gasteiger partial charge in [0.1, 0.15) is 5.75 Å². The van der Waals surface area contributed by atoms with Gasteiger partial charge in [0.15, 0.2) is 6.10 Å². The van der Waals surface area contributed by atoms with E-state index < -0.39 is 6.10 Å². The topological polar surface area (TPSA) is 38.3 Å². The Morgan fingerprint density at radius 2 is 1.95 bits per heavy atom. The second-order valence-electron chi connectivity index (χ2n) is 5.23. The molecule has 3 nitrogen and oxygen atoms in total. The van der Waals surface area contributed by atoms with Crippen LogP contribution in [0.4, 0.5) is 5.69 Å². The molecule has 1 amide bonds. The number of ether oxygens (including phenoxy) is 1. The Morgan fingerprint density at radius 3 is 2.64 bits per heavy atom. The Kier molecular flexibility index (Phi) is 5.45. The van der Waals surface area contributed by atoms with Crippen LogP contribution in [0, 0.1) is 13.8 Å². The maximum Gasteiger partial charge on any atom is 0.265 e. The van der Waals surface area contributed by atoms with Crippen molar-refractivity contribution in [3.8, 4) is 5.75 Å². The molecule has 0 saturated carbocycles. The minimum Gasteiger partial charge on any atom is -0.481 e. The standard InChI is InChI=1S/C18H20ClNO2/c1-4-17(22-14-8-5-7-12(2)11-14)18(21)20-16-10-6-9-15(19)13(16)3/h5-11,17H,4H2,1-3H3,(H,20,21)/t17-/m1/s1. The Labute approximate surface area is 136 Å². The fourth-order valence-electron chi connectivity index (χ4n) is 2.13. The monoisotopic (exact) mass is 317 g/mol. The van der Waals surface area contributed by atoms with Gasteiger partial charge in [-0.25, -0.2) is 0 Å². The fourth-order valence-corrected chi connectivity index (χ4v) is 2.31. The highest BCUT2D eigenvalue weighted by atomic mass is 35.5. The summed E-state index contributed by atoms with van der Waals surface area (Å²) in [5, 5.41) is 3.52. The molecule has 0 aliphatic heterocycles. The van der Waals surface area contributed by atoms with E-state index in [4.69, 9.17) is 16.3 Å². The van der Waals surface area contributed by atoms with Crippen molar-refractivity contribution in [3.05, 3.63) is 58.6 Å². The molecule has 0 bridgehead atoms. The van der Waals surface area contributed by atoms with Crippen molar-refractivity contribution >= 4 is 23.2 Å². The maximum absolute atomic E-state index is 12.4. The minimum atomic E-state index is -0.541. The molecule has 0 fully saturated rings. The molecule has 0 unspecified atom stereocenters. The van der Waals surface area contributed by atoms with Gasteiger partial charge in [0.2, 0.25) is 0 Å². The summed E-state index contributed by atoms with van der Waals surface area (Å²) >= 11 is 6.08. The number of anilines is 1. The number of hydrogen-bond donors (Lipinski definition) is 1. The molecule has 0 spiro atoms. The van der Waals surface area contributed by atoms with Crippen molar-refractivity contribution in [2.24, 2.45) is 0 Å². The van der Waals surface area contributed by atoms with Crippen LogP contribution in [0.5, 0.6) is 5.75 Å². The number of carbonyl (C=O) groups excluding carboxylic acids is 1. The molecule has 0 aliphatic carbocycles. The summed E-state index contributed by atoms with van der Waals surface area (Å²) in [6.07, 6.45) is 0.0412. The van der Waals surface area contributed by atoms with Crippen molar-refractivity contribution in [2.45, 2.75) is 33.3 Å². The lowest BCUT2D eigenvalue weighted by atomic mass is 10.2. The highest BCUT2D eigenvalue weighted by Crippen LogP contribution is 2.23. The molecule has 1 atom stereocenters. The van der Waals surface area contributed by atoms with Gasteiger partial charge in [0, 0.05) is 10.7 Å². The van der Waals surface area contributed by atoms with Gasteiger partial charge in [-0.15, -0.1) is 0 Å². The maximum atomic E-state index is 12.4. The van der Waals surface area contributed by atoms with Crippen molar-refractivity contribution in [3.63, 3.8) is 0 Å². The molecule has 1 N–H and O–H groups in total. The van der Waals surface area contributed by atoms with E-state index in [2.05, 4.69) is 5.32 Å². The second-order valence-corrected chi connectivity index (χ2v) is 5.64. The zero-order chi connectivity index (χ0) is 16.1. The van der Waals surface area contributed by atoms with Crippen LogP contribution < -0.4 is 10.1 Å². The predicted molar refractivity (Wildman–Crippen MR) is 90.7 cm³/mol. The fraction of sp³-hybridized carbons (Fsp3) is 0.278. The highest BCUT2D eigenvalue weighted by Gasteiger charge is 2.19. The molecule has 2 rings (SSSR count). The van der Waals surface area contributed by atoms with E-state index in [1.54, 1.807) is 6.07 Å². The third-order valence-corrected chi connectivity index (χ3v) is 3.87. The van der Waals surface area contributed by atoms with E-state index in [0.717, 1.165) is 11.1 Å². The molecule has 116 valence electrons. The first-order valence-corrected chi connectivity index (χ1v) is 7.68. The molecule has 2 aromatic carbocycles. The van der Waals surface area contributed by atoms with E-state index in [9.17, 15) is 4.79 Å². The van der Waals surface area contributed by atoms with Gasteiger partial charge in [0.05, 0.1) is 0 Å². The Morgan fingerprint density at radius 1 is 1.23 bits per heavy atom. The smallest absolute Gasteiger partial charge is 0.265 e. The van der Waals surface area contributed by atoms with Crippen LogP contribution in [-0.2, 0) is 4.79 Å². The average Bonchev–Trinajstić information content (AvgIpc) is 2.49. The summed E-state index contributed by atoms with van der Waals surface area (Å²) in [6, 6.07) is 13.1. The zero-order valence-electron chi connectivity index (χ0n) is 13.0. The summed E-state index contributed by atoms with van der Waals surface area (Å²) in [4.78, 5) is 12.4. The van der Waals surface area contributed by atoms with Crippen LogP contribution in [0.3, 0.4) is 0 Å². The van der Waals surface area contributed by atoms with Crippen LogP contribution in [0.15, 0.2) is 42.5 Å². The number of aryl methyl sites for hydroxylation is 1. The van der Waals surface area contributed by atoms with Gasteiger partial charge < -0.3 is 10.1 Å². The van der Waals surface area contributed by atoms with E-state index in [-0.39, 0.29) is 5.91 Å². The number of nitrogens with one attached hydrogen (secondary N) is 1. The number of hydrogen-bond acceptors (Lipinski definition) is 2. The van der Waals surface area contributed by atoms with Gasteiger partial charge in [-0.2, -0.15) is 0 Å². The van der Waals surface area contributed by atoms with Crippen molar-refractivity contribution in [1.29, 1.82) is 0 Å². The molecule has 0 aliphatic rings. The van der Waals surface area contributed by atoms with Crippen LogP contribution >= 0.6 is 11.6 Å². The van der Waals surface area contributed by atoms with Gasteiger partial charge in [0.25, 0.3) is 5.91 Å². The minimum absolute atomic E-state index is 0.172. The summed E-state index contributed by atoms with van der Waals surface area (Å²) < 4.78 is 5.80. The van der Waals surface area contributed by atoms with Gasteiger partial charge >= 0.3 is 0 Å². The molecule has 0 heterocycles. The Hall–Kier alpha value is -2.00. The van der Waals surface area contributed by atoms with E-state index in [1.165, 1.54) is 0 Å². The summed E-state index contributed by atoms with van der Waals surface area (Å²) in [6.45, 7) is 5.79. The normalized spacial score (nSPS) is 11.8. The lowest BCUT2D eigenvalue weighted by Crippen LogP contribution is -2.32. The molecular weight excluding hydrogens is 298 g/mol.